The minimum Gasteiger partial charge on any atom is -0.224 e. The van der Waals surface area contributed by atoms with Gasteiger partial charge in [0.2, 0.25) is 0 Å². The van der Waals surface area contributed by atoms with E-state index in [1.54, 1.807) is 32.9 Å². The second-order valence-corrected chi connectivity index (χ2v) is 12.4. The Hall–Kier alpha value is -0.960. The summed E-state index contributed by atoms with van der Waals surface area (Å²) in [6.45, 7) is 12.9. The van der Waals surface area contributed by atoms with Crippen LogP contribution in [0.1, 0.15) is 53.9 Å². The number of sulfone groups is 1. The molecule has 0 saturated carbocycles. The molecule has 1 aromatic carbocycles. The molecular formula is C21H38N2O4S2. The lowest BCUT2D eigenvalue weighted by Crippen LogP contribution is -2.35. The zero-order valence-corrected chi connectivity index (χ0v) is 20.2. The highest BCUT2D eigenvalue weighted by Gasteiger charge is 2.35. The quantitative estimate of drug-likeness (QED) is 0.578. The van der Waals surface area contributed by atoms with Gasteiger partial charge in [0, 0.05) is 26.2 Å². The third kappa shape index (κ3) is 8.74. The molecule has 1 fully saturated rings. The molecule has 8 heteroatoms. The summed E-state index contributed by atoms with van der Waals surface area (Å²) < 4.78 is 50.7. The smallest absolute Gasteiger partial charge is 0.224 e. The Morgan fingerprint density at radius 2 is 1.55 bits per heavy atom. The third-order valence-corrected chi connectivity index (χ3v) is 8.41. The maximum absolute atomic E-state index is 12.0. The minimum absolute atomic E-state index is 0.245. The fourth-order valence-electron chi connectivity index (χ4n) is 2.91. The first-order chi connectivity index (χ1) is 13.5. The third-order valence-electron chi connectivity index (χ3n) is 4.65. The first-order valence-corrected chi connectivity index (χ1v) is 13.6. The van der Waals surface area contributed by atoms with Crippen LogP contribution < -0.4 is 0 Å². The molecule has 1 saturated heterocycles. The van der Waals surface area contributed by atoms with E-state index in [2.05, 4.69) is 6.92 Å². The van der Waals surface area contributed by atoms with Crippen molar-refractivity contribution in [3.8, 4) is 0 Å². The van der Waals surface area contributed by atoms with Crippen LogP contribution in [-0.4, -0.2) is 57.4 Å². The molecule has 0 bridgehead atoms. The van der Waals surface area contributed by atoms with Crippen molar-refractivity contribution in [3.05, 3.63) is 30.3 Å². The standard InChI is InChI=1S/C11H16O2S.C10H22N2O2S/c1-10(2)8-9-14(12,13)11-6-4-3-5-7-11;1-4-5-6-11-7-8-12(9-10(2)3)15(11,13)14/h3-7,10H,8-9H2,1-2H3;10H,4-9H2,1-3H3. The van der Waals surface area contributed by atoms with Gasteiger partial charge in [0.25, 0.3) is 10.2 Å². The first kappa shape index (κ1) is 26.1. The monoisotopic (exact) mass is 446 g/mol. The molecule has 0 spiro atoms. The molecule has 1 heterocycles. The Kier molecular flexibility index (Phi) is 10.8. The Morgan fingerprint density at radius 1 is 0.966 bits per heavy atom. The van der Waals surface area contributed by atoms with Crippen LogP contribution in [0.15, 0.2) is 35.2 Å². The van der Waals surface area contributed by atoms with Crippen LogP contribution >= 0.6 is 0 Å². The summed E-state index contributed by atoms with van der Waals surface area (Å²) in [6.07, 6.45) is 2.71. The number of rotatable bonds is 9. The van der Waals surface area contributed by atoms with Gasteiger partial charge in [-0.3, -0.25) is 0 Å². The predicted molar refractivity (Wildman–Crippen MR) is 120 cm³/mol. The van der Waals surface area contributed by atoms with E-state index in [0.717, 1.165) is 19.3 Å². The van der Waals surface area contributed by atoms with Gasteiger partial charge in [0.15, 0.2) is 9.84 Å². The molecule has 0 amide bonds. The first-order valence-electron chi connectivity index (χ1n) is 10.5. The van der Waals surface area contributed by atoms with E-state index in [1.807, 2.05) is 33.8 Å². The fourth-order valence-corrected chi connectivity index (χ4v) is 6.29. The summed E-state index contributed by atoms with van der Waals surface area (Å²) in [5.41, 5.74) is 0. The number of unbranched alkanes of at least 4 members (excludes halogenated alkanes) is 1. The Balaban J connectivity index is 0.000000291. The van der Waals surface area contributed by atoms with Gasteiger partial charge < -0.3 is 0 Å². The topological polar surface area (TPSA) is 74.8 Å². The summed E-state index contributed by atoms with van der Waals surface area (Å²) >= 11 is 0. The van der Waals surface area contributed by atoms with E-state index < -0.39 is 20.0 Å². The number of hydrogen-bond acceptors (Lipinski definition) is 4. The van der Waals surface area contributed by atoms with Gasteiger partial charge in [-0.1, -0.05) is 59.2 Å². The molecule has 1 aliphatic heterocycles. The lowest BCUT2D eigenvalue weighted by Gasteiger charge is -2.19. The van der Waals surface area contributed by atoms with Gasteiger partial charge in [-0.25, -0.2) is 8.42 Å². The maximum atomic E-state index is 12.0. The normalized spacial score (nSPS) is 17.5. The van der Waals surface area contributed by atoms with Crippen LogP contribution in [0.2, 0.25) is 0 Å². The van der Waals surface area contributed by atoms with E-state index in [0.29, 0.717) is 42.9 Å². The minimum atomic E-state index is -3.13. The lowest BCUT2D eigenvalue weighted by atomic mass is 10.2. The molecule has 6 nitrogen and oxygen atoms in total. The predicted octanol–water partition coefficient (Wildman–Crippen LogP) is 3.81. The van der Waals surface area contributed by atoms with Gasteiger partial charge in [0.05, 0.1) is 10.6 Å². The second kappa shape index (κ2) is 12.0. The van der Waals surface area contributed by atoms with Crippen molar-refractivity contribution in [1.29, 1.82) is 0 Å². The lowest BCUT2D eigenvalue weighted by molar-refractivity contribution is 0.397. The zero-order valence-electron chi connectivity index (χ0n) is 18.5. The molecule has 0 atom stereocenters. The molecule has 2 rings (SSSR count). The van der Waals surface area contributed by atoms with Crippen molar-refractivity contribution in [2.24, 2.45) is 11.8 Å². The van der Waals surface area contributed by atoms with Gasteiger partial charge in [0.1, 0.15) is 0 Å². The van der Waals surface area contributed by atoms with E-state index in [-0.39, 0.29) is 5.75 Å². The van der Waals surface area contributed by atoms with Crippen LogP contribution in [0.25, 0.3) is 0 Å². The van der Waals surface area contributed by atoms with Crippen molar-refractivity contribution < 1.29 is 16.8 Å². The largest absolute Gasteiger partial charge is 0.282 e. The molecule has 0 N–H and O–H groups in total. The second-order valence-electron chi connectivity index (χ2n) is 8.33. The van der Waals surface area contributed by atoms with Crippen molar-refractivity contribution in [3.63, 3.8) is 0 Å². The van der Waals surface area contributed by atoms with Gasteiger partial charge in [-0.2, -0.15) is 17.0 Å². The van der Waals surface area contributed by atoms with E-state index >= 15 is 0 Å². The van der Waals surface area contributed by atoms with E-state index in [9.17, 15) is 16.8 Å². The van der Waals surface area contributed by atoms with Gasteiger partial charge in [-0.05, 0) is 36.8 Å². The highest BCUT2D eigenvalue weighted by Crippen LogP contribution is 2.18. The molecule has 1 aliphatic rings. The van der Waals surface area contributed by atoms with Gasteiger partial charge >= 0.3 is 0 Å². The van der Waals surface area contributed by atoms with Crippen molar-refractivity contribution >= 4 is 20.0 Å². The van der Waals surface area contributed by atoms with Crippen LogP contribution in [-0.2, 0) is 20.0 Å². The summed E-state index contributed by atoms with van der Waals surface area (Å²) in [4.78, 5) is 0.431. The Morgan fingerprint density at radius 3 is 2.07 bits per heavy atom. The number of hydrogen-bond donors (Lipinski definition) is 0. The van der Waals surface area contributed by atoms with Gasteiger partial charge in [-0.15, -0.1) is 0 Å². The van der Waals surface area contributed by atoms with Crippen molar-refractivity contribution in [2.45, 2.75) is 58.8 Å². The molecule has 0 aliphatic carbocycles. The zero-order chi connectivity index (χ0) is 22.1. The molecular weight excluding hydrogens is 408 g/mol. The molecule has 168 valence electrons. The number of nitrogens with zero attached hydrogens (tertiary/aromatic N) is 2. The summed E-state index contributed by atoms with van der Waals surface area (Å²) in [5.74, 6) is 1.06. The molecule has 0 radical (unpaired) electrons. The van der Waals surface area contributed by atoms with Crippen LogP contribution in [0, 0.1) is 11.8 Å². The molecule has 0 unspecified atom stereocenters. The highest BCUT2D eigenvalue weighted by molar-refractivity contribution is 7.91. The number of benzene rings is 1. The molecule has 1 aromatic rings. The highest BCUT2D eigenvalue weighted by atomic mass is 32.2. The summed E-state index contributed by atoms with van der Waals surface area (Å²) in [6, 6.07) is 8.62. The Labute approximate surface area is 178 Å². The average Bonchev–Trinajstić information content (AvgIpc) is 2.93. The Bertz CT molecular complexity index is 791. The van der Waals surface area contributed by atoms with Crippen LogP contribution in [0.4, 0.5) is 0 Å². The molecule has 0 aromatic heterocycles. The van der Waals surface area contributed by atoms with Crippen LogP contribution in [0.5, 0.6) is 0 Å². The summed E-state index contributed by atoms with van der Waals surface area (Å²) in [5, 5.41) is 0. The van der Waals surface area contributed by atoms with Crippen molar-refractivity contribution in [2.75, 3.05) is 31.9 Å². The van der Waals surface area contributed by atoms with E-state index in [1.165, 1.54) is 0 Å². The molecule has 29 heavy (non-hydrogen) atoms. The average molecular weight is 447 g/mol. The maximum Gasteiger partial charge on any atom is 0.282 e. The fraction of sp³-hybridized carbons (Fsp3) is 0.714. The van der Waals surface area contributed by atoms with Crippen molar-refractivity contribution in [1.82, 2.24) is 8.61 Å². The van der Waals surface area contributed by atoms with Crippen LogP contribution in [0.3, 0.4) is 0 Å². The SMILES string of the molecule is CC(C)CCS(=O)(=O)c1ccccc1.CCCCN1CCN(CC(C)C)S1(=O)=O. The van der Waals surface area contributed by atoms with E-state index in [4.69, 9.17) is 0 Å². The summed E-state index contributed by atoms with van der Waals surface area (Å²) in [7, 11) is -6.18.